The molecule has 0 spiro atoms. The van der Waals surface area contributed by atoms with Gasteiger partial charge in [0.05, 0.1) is 12.2 Å². The lowest BCUT2D eigenvalue weighted by Crippen LogP contribution is -2.29. The van der Waals surface area contributed by atoms with Gasteiger partial charge >= 0.3 is 0 Å². The van der Waals surface area contributed by atoms with E-state index in [0.717, 1.165) is 18.1 Å². The smallest absolute Gasteiger partial charge is 0.170 e. The van der Waals surface area contributed by atoms with Gasteiger partial charge in [0.2, 0.25) is 0 Å². The van der Waals surface area contributed by atoms with Crippen molar-refractivity contribution in [3.8, 4) is 5.69 Å². The summed E-state index contributed by atoms with van der Waals surface area (Å²) in [6.45, 7) is 3.92. The molecule has 6 heteroatoms. The molecule has 2 heterocycles. The van der Waals surface area contributed by atoms with Crippen LogP contribution in [0.4, 0.5) is 5.69 Å². The lowest BCUT2D eigenvalue weighted by Gasteiger charge is -2.29. The molecule has 1 aliphatic heterocycles. The molecule has 0 unspecified atom stereocenters. The van der Waals surface area contributed by atoms with Crippen molar-refractivity contribution in [3.05, 3.63) is 66.0 Å². The fourth-order valence-electron chi connectivity index (χ4n) is 3.65. The van der Waals surface area contributed by atoms with Crippen LogP contribution in [0.25, 0.3) is 5.69 Å². The zero-order valence-corrected chi connectivity index (χ0v) is 15.8. The van der Waals surface area contributed by atoms with Crippen LogP contribution in [0.1, 0.15) is 30.7 Å². The van der Waals surface area contributed by atoms with E-state index in [-0.39, 0.29) is 0 Å². The molecule has 0 radical (unpaired) electrons. The standard InChI is InChI=1S/C21H26N6/c1-25(17-21-22-23-24-27(21)20-8-4-2-5-9-20)16-18-10-12-19(13-11-18)26-14-6-3-7-15-26/h2,4-5,8-13H,3,6-7,14-17H2,1H3. The molecule has 1 saturated heterocycles. The van der Waals surface area contributed by atoms with Gasteiger partial charge in [0.1, 0.15) is 0 Å². The molecular formula is C21H26N6. The molecular weight excluding hydrogens is 336 g/mol. The zero-order valence-electron chi connectivity index (χ0n) is 15.8. The summed E-state index contributed by atoms with van der Waals surface area (Å²) in [5, 5.41) is 12.2. The van der Waals surface area contributed by atoms with E-state index >= 15 is 0 Å². The summed E-state index contributed by atoms with van der Waals surface area (Å²) in [5.41, 5.74) is 3.63. The van der Waals surface area contributed by atoms with Gasteiger partial charge in [-0.1, -0.05) is 30.3 Å². The Hall–Kier alpha value is -2.73. The predicted octanol–water partition coefficient (Wildman–Crippen LogP) is 3.28. The maximum atomic E-state index is 4.20. The second-order valence-corrected chi connectivity index (χ2v) is 7.23. The number of tetrazole rings is 1. The summed E-state index contributed by atoms with van der Waals surface area (Å²) in [6, 6.07) is 19.0. The second-order valence-electron chi connectivity index (χ2n) is 7.23. The van der Waals surface area contributed by atoms with Crippen molar-refractivity contribution in [2.24, 2.45) is 0 Å². The summed E-state index contributed by atoms with van der Waals surface area (Å²) in [7, 11) is 2.10. The van der Waals surface area contributed by atoms with Crippen molar-refractivity contribution in [3.63, 3.8) is 0 Å². The number of rotatable bonds is 6. The molecule has 140 valence electrons. The second kappa shape index (κ2) is 8.31. The van der Waals surface area contributed by atoms with Crippen LogP contribution in [-0.2, 0) is 13.1 Å². The number of benzene rings is 2. The van der Waals surface area contributed by atoms with Gasteiger partial charge < -0.3 is 4.90 Å². The Morgan fingerprint density at radius 1 is 0.852 bits per heavy atom. The quantitative estimate of drug-likeness (QED) is 0.673. The van der Waals surface area contributed by atoms with Gasteiger partial charge in [-0.2, -0.15) is 4.68 Å². The van der Waals surface area contributed by atoms with Gasteiger partial charge in [-0.3, -0.25) is 4.90 Å². The highest BCUT2D eigenvalue weighted by molar-refractivity contribution is 5.47. The Bertz CT molecular complexity index is 837. The first-order chi connectivity index (χ1) is 13.3. The topological polar surface area (TPSA) is 50.1 Å². The molecule has 27 heavy (non-hydrogen) atoms. The third-order valence-electron chi connectivity index (χ3n) is 5.06. The Morgan fingerprint density at radius 3 is 2.33 bits per heavy atom. The summed E-state index contributed by atoms with van der Waals surface area (Å²) >= 11 is 0. The molecule has 0 N–H and O–H groups in total. The molecule has 1 aromatic heterocycles. The molecule has 4 rings (SSSR count). The van der Waals surface area contributed by atoms with Crippen molar-refractivity contribution in [2.45, 2.75) is 32.4 Å². The van der Waals surface area contributed by atoms with Crippen LogP contribution in [0.5, 0.6) is 0 Å². The van der Waals surface area contributed by atoms with E-state index in [1.165, 1.54) is 43.6 Å². The number of hydrogen-bond acceptors (Lipinski definition) is 5. The fourth-order valence-corrected chi connectivity index (χ4v) is 3.65. The number of aromatic nitrogens is 4. The van der Waals surface area contributed by atoms with Crippen LogP contribution in [0.15, 0.2) is 54.6 Å². The summed E-state index contributed by atoms with van der Waals surface area (Å²) in [4.78, 5) is 4.73. The summed E-state index contributed by atoms with van der Waals surface area (Å²) in [6.07, 6.45) is 3.98. The summed E-state index contributed by atoms with van der Waals surface area (Å²) in [5.74, 6) is 0.841. The maximum absolute atomic E-state index is 4.20. The zero-order chi connectivity index (χ0) is 18.5. The van der Waals surface area contributed by atoms with Crippen molar-refractivity contribution < 1.29 is 0 Å². The molecule has 0 saturated carbocycles. The Kier molecular flexibility index (Phi) is 5.44. The molecule has 1 fully saturated rings. The predicted molar refractivity (Wildman–Crippen MR) is 107 cm³/mol. The highest BCUT2D eigenvalue weighted by Crippen LogP contribution is 2.21. The van der Waals surface area contributed by atoms with Crippen LogP contribution in [0.3, 0.4) is 0 Å². The number of hydrogen-bond donors (Lipinski definition) is 0. The van der Waals surface area contributed by atoms with Crippen molar-refractivity contribution in [1.82, 2.24) is 25.1 Å². The highest BCUT2D eigenvalue weighted by Gasteiger charge is 2.13. The van der Waals surface area contributed by atoms with Crippen LogP contribution in [-0.4, -0.2) is 45.2 Å². The van der Waals surface area contributed by atoms with Crippen molar-refractivity contribution in [2.75, 3.05) is 25.0 Å². The minimum Gasteiger partial charge on any atom is -0.372 e. The normalized spacial score (nSPS) is 14.7. The van der Waals surface area contributed by atoms with Crippen molar-refractivity contribution >= 4 is 5.69 Å². The van der Waals surface area contributed by atoms with Crippen LogP contribution < -0.4 is 4.90 Å². The van der Waals surface area contributed by atoms with Gasteiger partial charge in [-0.05, 0) is 66.6 Å². The minimum absolute atomic E-state index is 0.690. The lowest BCUT2D eigenvalue weighted by molar-refractivity contribution is 0.307. The highest BCUT2D eigenvalue weighted by atomic mass is 15.5. The first kappa shape index (κ1) is 17.7. The van der Waals surface area contributed by atoms with Gasteiger partial charge in [0, 0.05) is 25.3 Å². The Morgan fingerprint density at radius 2 is 1.59 bits per heavy atom. The van der Waals surface area contributed by atoms with E-state index in [4.69, 9.17) is 0 Å². The van der Waals surface area contributed by atoms with E-state index in [9.17, 15) is 0 Å². The molecule has 6 nitrogen and oxygen atoms in total. The number of para-hydroxylation sites is 1. The first-order valence-electron chi connectivity index (χ1n) is 9.65. The third kappa shape index (κ3) is 4.34. The van der Waals surface area contributed by atoms with Gasteiger partial charge in [0.25, 0.3) is 0 Å². The third-order valence-corrected chi connectivity index (χ3v) is 5.06. The number of piperidine rings is 1. The number of anilines is 1. The average Bonchev–Trinajstić information content (AvgIpc) is 3.18. The van der Waals surface area contributed by atoms with E-state index < -0.39 is 0 Å². The molecule has 3 aromatic rings. The van der Waals surface area contributed by atoms with E-state index in [2.05, 4.69) is 56.6 Å². The monoisotopic (exact) mass is 362 g/mol. The molecule has 0 atom stereocenters. The fraction of sp³-hybridized carbons (Fsp3) is 0.381. The van der Waals surface area contributed by atoms with Crippen LogP contribution >= 0.6 is 0 Å². The Labute approximate surface area is 160 Å². The van der Waals surface area contributed by atoms with Crippen LogP contribution in [0, 0.1) is 0 Å². The average molecular weight is 362 g/mol. The molecule has 2 aromatic carbocycles. The Balaban J connectivity index is 1.39. The van der Waals surface area contributed by atoms with Crippen LogP contribution in [0.2, 0.25) is 0 Å². The summed E-state index contributed by atoms with van der Waals surface area (Å²) < 4.78 is 1.80. The van der Waals surface area contributed by atoms with Gasteiger partial charge in [-0.15, -0.1) is 5.10 Å². The van der Waals surface area contributed by atoms with E-state index in [1.807, 2.05) is 30.3 Å². The minimum atomic E-state index is 0.690. The largest absolute Gasteiger partial charge is 0.372 e. The molecule has 0 aliphatic carbocycles. The maximum Gasteiger partial charge on any atom is 0.170 e. The number of nitrogens with zero attached hydrogens (tertiary/aromatic N) is 6. The van der Waals surface area contributed by atoms with E-state index in [1.54, 1.807) is 4.68 Å². The first-order valence-corrected chi connectivity index (χ1v) is 9.65. The molecule has 0 amide bonds. The van der Waals surface area contributed by atoms with Crippen molar-refractivity contribution in [1.29, 1.82) is 0 Å². The van der Waals surface area contributed by atoms with E-state index in [0.29, 0.717) is 6.54 Å². The van der Waals surface area contributed by atoms with Gasteiger partial charge in [-0.25, -0.2) is 0 Å². The molecule has 0 bridgehead atoms. The lowest BCUT2D eigenvalue weighted by atomic mass is 10.1. The SMILES string of the molecule is CN(Cc1ccc(N2CCCCC2)cc1)Cc1nnnn1-c1ccccc1. The van der Waals surface area contributed by atoms with Gasteiger partial charge in [0.15, 0.2) is 5.82 Å². The molecule has 1 aliphatic rings.